The molecule has 0 aliphatic carbocycles. The summed E-state index contributed by atoms with van der Waals surface area (Å²) in [6.07, 6.45) is 1.07. The van der Waals surface area contributed by atoms with E-state index >= 15 is 0 Å². The molecule has 108 valence electrons. The van der Waals surface area contributed by atoms with Crippen molar-refractivity contribution in [1.82, 2.24) is 4.90 Å². The molecule has 1 amide bonds. The van der Waals surface area contributed by atoms with Crippen LogP contribution in [-0.2, 0) is 16.0 Å². The Morgan fingerprint density at radius 3 is 2.85 bits per heavy atom. The second-order valence-electron chi connectivity index (χ2n) is 4.89. The van der Waals surface area contributed by atoms with Gasteiger partial charge in [0, 0.05) is 23.7 Å². The van der Waals surface area contributed by atoms with E-state index in [9.17, 15) is 14.0 Å². The Hall–Kier alpha value is -1.62. The number of halogens is 2. The molecule has 1 fully saturated rings. The molecule has 1 heterocycles. The molecule has 4 nitrogen and oxygen atoms in total. The third-order valence-corrected chi connectivity index (χ3v) is 3.87. The van der Waals surface area contributed by atoms with Gasteiger partial charge in [0.1, 0.15) is 5.82 Å². The molecule has 6 heteroatoms. The van der Waals surface area contributed by atoms with Crippen LogP contribution in [0.15, 0.2) is 18.2 Å². The van der Waals surface area contributed by atoms with Gasteiger partial charge >= 0.3 is 5.97 Å². The van der Waals surface area contributed by atoms with E-state index in [0.717, 1.165) is 0 Å². The maximum Gasteiger partial charge on any atom is 0.308 e. The average molecular weight is 300 g/mol. The van der Waals surface area contributed by atoms with Crippen molar-refractivity contribution in [2.75, 3.05) is 13.1 Å². The molecule has 20 heavy (non-hydrogen) atoms. The third kappa shape index (κ3) is 3.28. The van der Waals surface area contributed by atoms with E-state index in [2.05, 4.69) is 0 Å². The van der Waals surface area contributed by atoms with Gasteiger partial charge in [0.25, 0.3) is 0 Å². The van der Waals surface area contributed by atoms with Crippen LogP contribution in [0.5, 0.6) is 0 Å². The highest BCUT2D eigenvalue weighted by Crippen LogP contribution is 2.22. The minimum Gasteiger partial charge on any atom is -0.481 e. The summed E-state index contributed by atoms with van der Waals surface area (Å²) >= 11 is 5.89. The molecule has 0 bridgehead atoms. The molecule has 2 rings (SSSR count). The zero-order valence-electron chi connectivity index (χ0n) is 10.8. The summed E-state index contributed by atoms with van der Waals surface area (Å²) in [4.78, 5) is 24.6. The van der Waals surface area contributed by atoms with Gasteiger partial charge in [0.2, 0.25) is 5.91 Å². The molecular formula is C14H15ClFNO3. The molecule has 0 aromatic heterocycles. The number of piperidine rings is 1. The number of benzene rings is 1. The molecule has 0 unspecified atom stereocenters. The van der Waals surface area contributed by atoms with Crippen LogP contribution in [0.2, 0.25) is 5.02 Å². The quantitative estimate of drug-likeness (QED) is 0.932. The molecular weight excluding hydrogens is 285 g/mol. The molecule has 1 aromatic rings. The van der Waals surface area contributed by atoms with Crippen molar-refractivity contribution in [3.05, 3.63) is 34.6 Å². The maximum atomic E-state index is 13.6. The average Bonchev–Trinajstić information content (AvgIpc) is 2.43. The van der Waals surface area contributed by atoms with Crippen LogP contribution in [0, 0.1) is 11.7 Å². The zero-order valence-corrected chi connectivity index (χ0v) is 11.6. The minimum atomic E-state index is -0.897. The van der Waals surface area contributed by atoms with Crippen molar-refractivity contribution in [1.29, 1.82) is 0 Å². The molecule has 0 saturated carbocycles. The highest BCUT2D eigenvalue weighted by Gasteiger charge is 2.28. The fourth-order valence-electron chi connectivity index (χ4n) is 2.37. The predicted molar refractivity (Wildman–Crippen MR) is 72.1 cm³/mol. The number of likely N-dealkylation sites (tertiary alicyclic amines) is 1. The van der Waals surface area contributed by atoms with Gasteiger partial charge in [-0.3, -0.25) is 9.59 Å². The van der Waals surface area contributed by atoms with Crippen LogP contribution in [0.3, 0.4) is 0 Å². The van der Waals surface area contributed by atoms with Gasteiger partial charge in [0.05, 0.1) is 12.3 Å². The Balaban J connectivity index is 2.06. The monoisotopic (exact) mass is 299 g/mol. The number of carbonyl (C=O) groups excluding carboxylic acids is 1. The Morgan fingerprint density at radius 2 is 2.20 bits per heavy atom. The molecule has 1 N–H and O–H groups in total. The number of rotatable bonds is 3. The summed E-state index contributed by atoms with van der Waals surface area (Å²) in [7, 11) is 0. The van der Waals surface area contributed by atoms with Gasteiger partial charge in [-0.05, 0) is 25.0 Å². The van der Waals surface area contributed by atoms with E-state index in [4.69, 9.17) is 16.7 Å². The van der Waals surface area contributed by atoms with Crippen molar-refractivity contribution in [3.8, 4) is 0 Å². The summed E-state index contributed by atoms with van der Waals surface area (Å²) in [6.45, 7) is 0.689. The largest absolute Gasteiger partial charge is 0.481 e. The lowest BCUT2D eigenvalue weighted by Gasteiger charge is -2.30. The standard InChI is InChI=1S/C14H15ClFNO3/c15-11-4-1-5-12(16)10(11)7-13(18)17-6-2-3-9(8-17)14(19)20/h1,4-5,9H,2-3,6-8H2,(H,19,20)/t9-/m1/s1. The second-order valence-corrected chi connectivity index (χ2v) is 5.30. The van der Waals surface area contributed by atoms with Crippen molar-refractivity contribution in [3.63, 3.8) is 0 Å². The Bertz CT molecular complexity index is 515. The van der Waals surface area contributed by atoms with E-state index in [1.54, 1.807) is 0 Å². The van der Waals surface area contributed by atoms with Crippen LogP contribution in [0.1, 0.15) is 18.4 Å². The number of amides is 1. The molecule has 1 saturated heterocycles. The van der Waals surface area contributed by atoms with Crippen molar-refractivity contribution in [2.24, 2.45) is 5.92 Å². The summed E-state index contributed by atoms with van der Waals surface area (Å²) in [6, 6.07) is 4.27. The van der Waals surface area contributed by atoms with E-state index in [0.29, 0.717) is 19.4 Å². The predicted octanol–water partition coefficient (Wildman–Crippen LogP) is 2.34. The first kappa shape index (κ1) is 14.8. The number of hydrogen-bond donors (Lipinski definition) is 1. The number of nitrogens with zero attached hydrogens (tertiary/aromatic N) is 1. The summed E-state index contributed by atoms with van der Waals surface area (Å²) in [5.74, 6) is -2.24. The van der Waals surface area contributed by atoms with Gasteiger partial charge in [-0.25, -0.2) is 4.39 Å². The first-order valence-corrected chi connectivity index (χ1v) is 6.80. The van der Waals surface area contributed by atoms with Gasteiger partial charge in [-0.2, -0.15) is 0 Å². The normalized spacial score (nSPS) is 18.9. The molecule has 1 atom stereocenters. The van der Waals surface area contributed by atoms with E-state index in [1.165, 1.54) is 23.1 Å². The van der Waals surface area contributed by atoms with E-state index in [-0.39, 0.29) is 29.5 Å². The van der Waals surface area contributed by atoms with Gasteiger partial charge in [0.15, 0.2) is 0 Å². The lowest BCUT2D eigenvalue weighted by atomic mass is 9.97. The smallest absolute Gasteiger partial charge is 0.308 e. The number of aliphatic carboxylic acids is 1. The highest BCUT2D eigenvalue weighted by atomic mass is 35.5. The molecule has 0 radical (unpaired) electrons. The summed E-state index contributed by atoms with van der Waals surface area (Å²) in [5, 5.41) is 9.21. The third-order valence-electron chi connectivity index (χ3n) is 3.51. The molecule has 1 aliphatic rings. The zero-order chi connectivity index (χ0) is 14.7. The molecule has 0 spiro atoms. The van der Waals surface area contributed by atoms with Gasteiger partial charge in [-0.1, -0.05) is 17.7 Å². The Labute approximate surface area is 121 Å². The van der Waals surface area contributed by atoms with Crippen LogP contribution >= 0.6 is 11.6 Å². The fraction of sp³-hybridized carbons (Fsp3) is 0.429. The first-order chi connectivity index (χ1) is 9.49. The Morgan fingerprint density at radius 1 is 1.45 bits per heavy atom. The highest BCUT2D eigenvalue weighted by molar-refractivity contribution is 6.31. The number of carbonyl (C=O) groups is 2. The SMILES string of the molecule is O=C(O)[C@@H]1CCCN(C(=O)Cc2c(F)cccc2Cl)C1. The summed E-state index contributed by atoms with van der Waals surface area (Å²) < 4.78 is 13.6. The molecule has 1 aliphatic heterocycles. The number of carboxylic acid groups (broad SMARTS) is 1. The van der Waals surface area contributed by atoms with Gasteiger partial charge < -0.3 is 10.0 Å². The van der Waals surface area contributed by atoms with Crippen LogP contribution in [0.4, 0.5) is 4.39 Å². The van der Waals surface area contributed by atoms with Crippen LogP contribution in [0.25, 0.3) is 0 Å². The Kier molecular flexibility index (Phi) is 4.60. The van der Waals surface area contributed by atoms with Crippen molar-refractivity contribution >= 4 is 23.5 Å². The van der Waals surface area contributed by atoms with Crippen molar-refractivity contribution < 1.29 is 19.1 Å². The summed E-state index contributed by atoms with van der Waals surface area (Å²) in [5.41, 5.74) is 0.164. The lowest BCUT2D eigenvalue weighted by molar-refractivity contribution is -0.145. The van der Waals surface area contributed by atoms with Crippen LogP contribution in [-0.4, -0.2) is 35.0 Å². The minimum absolute atomic E-state index is 0.141. The first-order valence-electron chi connectivity index (χ1n) is 6.42. The number of carboxylic acids is 1. The fourth-order valence-corrected chi connectivity index (χ4v) is 2.60. The van der Waals surface area contributed by atoms with Gasteiger partial charge in [-0.15, -0.1) is 0 Å². The van der Waals surface area contributed by atoms with E-state index < -0.39 is 17.7 Å². The topological polar surface area (TPSA) is 57.6 Å². The van der Waals surface area contributed by atoms with Crippen LogP contribution < -0.4 is 0 Å². The maximum absolute atomic E-state index is 13.6. The molecule has 1 aromatic carbocycles. The number of hydrogen-bond acceptors (Lipinski definition) is 2. The lowest BCUT2D eigenvalue weighted by Crippen LogP contribution is -2.43. The second kappa shape index (κ2) is 6.22. The van der Waals surface area contributed by atoms with Crippen molar-refractivity contribution in [2.45, 2.75) is 19.3 Å². The van der Waals surface area contributed by atoms with E-state index in [1.807, 2.05) is 0 Å².